The van der Waals surface area contributed by atoms with Crippen molar-refractivity contribution < 1.29 is 59.8 Å². The Morgan fingerprint density at radius 2 is 1.60 bits per heavy atom. The predicted octanol–water partition coefficient (Wildman–Crippen LogP) is 0.927. The molecule has 0 N–H and O–H groups in total. The van der Waals surface area contributed by atoms with Crippen LogP contribution in [0, 0.1) is 16.6 Å². The summed E-state index contributed by atoms with van der Waals surface area (Å²) < 4.78 is 26.2. The van der Waals surface area contributed by atoms with Crippen LogP contribution in [0.1, 0.15) is 5.69 Å². The summed E-state index contributed by atoms with van der Waals surface area (Å²) in [6.45, 7) is 0. The molecule has 0 spiro atoms. The fourth-order valence-corrected chi connectivity index (χ4v) is 3.89. The zero-order valence-corrected chi connectivity index (χ0v) is 19.2. The van der Waals surface area contributed by atoms with E-state index in [4.69, 9.17) is 11.6 Å². The van der Waals surface area contributed by atoms with Crippen LogP contribution in [0.15, 0.2) is 57.9 Å². The molecule has 3 aromatic rings. The fraction of sp³-hybridized carbons (Fsp3) is 0. The summed E-state index contributed by atoms with van der Waals surface area (Å²) in [5.74, 6) is 0. The van der Waals surface area contributed by atoms with Gasteiger partial charge in [0.25, 0.3) is 0 Å². The van der Waals surface area contributed by atoms with E-state index >= 15 is 0 Å². The number of halogens is 2. The van der Waals surface area contributed by atoms with Crippen LogP contribution >= 0.6 is 27.5 Å². The van der Waals surface area contributed by atoms with Crippen molar-refractivity contribution in [2.45, 2.75) is 4.90 Å². The topological polar surface area (TPSA) is 83.7 Å². The first-order valence-corrected chi connectivity index (χ1v) is 9.29. The Morgan fingerprint density at radius 1 is 1.04 bits per heavy atom. The van der Waals surface area contributed by atoms with Gasteiger partial charge in [0.2, 0.25) is 0 Å². The molecule has 0 saturated heterocycles. The Morgan fingerprint density at radius 3 is 2.16 bits per heavy atom. The summed E-state index contributed by atoms with van der Waals surface area (Å²) in [6, 6.07) is 14.5. The van der Waals surface area contributed by atoms with Crippen LogP contribution in [0.3, 0.4) is 0 Å². The van der Waals surface area contributed by atoms with E-state index in [9.17, 15) is 13.7 Å². The van der Waals surface area contributed by atoms with Crippen molar-refractivity contribution in [3.05, 3.63) is 69.1 Å². The van der Waals surface area contributed by atoms with Crippen LogP contribution in [-0.2, 0) is 9.84 Å². The molecule has 0 fully saturated rings. The molecule has 9 heteroatoms. The SMILES string of the molecule is N#C[C-](c1nc2ccccc2nc1Cl)S(=O)(=O)c1ccc(Br)cc1.[K+]. The standard InChI is InChI=1S/C16H8BrClN3O2S.K/c17-10-5-7-11(8-6-10)24(22,23)14(9-19)15-16(18)21-13-4-2-1-3-12(13)20-15;/h1-8H;/q-1;+1. The van der Waals surface area contributed by atoms with E-state index in [0.29, 0.717) is 11.0 Å². The van der Waals surface area contributed by atoms with Gasteiger partial charge in [-0.25, -0.2) is 13.7 Å². The maximum absolute atomic E-state index is 12.8. The minimum atomic E-state index is -4.06. The summed E-state index contributed by atoms with van der Waals surface area (Å²) in [5.41, 5.74) is 0.820. The third kappa shape index (κ3) is 4.26. The summed E-state index contributed by atoms with van der Waals surface area (Å²) in [7, 11) is -4.06. The van der Waals surface area contributed by atoms with Gasteiger partial charge in [-0.2, -0.15) is 11.6 Å². The Balaban J connectivity index is 0.00000225. The van der Waals surface area contributed by atoms with Gasteiger partial charge in [-0.05, 0) is 42.1 Å². The van der Waals surface area contributed by atoms with E-state index in [1.165, 1.54) is 12.1 Å². The van der Waals surface area contributed by atoms with E-state index in [2.05, 4.69) is 25.9 Å². The quantitative estimate of drug-likeness (QED) is 0.429. The molecule has 0 aliphatic heterocycles. The third-order valence-electron chi connectivity index (χ3n) is 3.24. The van der Waals surface area contributed by atoms with E-state index in [0.717, 1.165) is 4.47 Å². The second kappa shape index (κ2) is 8.46. The Bertz CT molecular complexity index is 1070. The normalized spacial score (nSPS) is 10.8. The molecule has 0 unspecified atom stereocenters. The van der Waals surface area contributed by atoms with Crippen molar-refractivity contribution in [2.24, 2.45) is 0 Å². The molecule has 0 aliphatic rings. The minimum absolute atomic E-state index is 0. The monoisotopic (exact) mass is 459 g/mol. The number of nitriles is 1. The molecule has 2 aromatic carbocycles. The van der Waals surface area contributed by atoms with Gasteiger partial charge in [-0.3, -0.25) is 4.98 Å². The number of para-hydroxylation sites is 2. The van der Waals surface area contributed by atoms with E-state index < -0.39 is 15.1 Å². The second-order valence-corrected chi connectivity index (χ2v) is 7.91. The van der Waals surface area contributed by atoms with E-state index in [-0.39, 0.29) is 67.1 Å². The number of hydrogen-bond donors (Lipinski definition) is 0. The smallest absolute Gasteiger partial charge is 0.328 e. The number of fused-ring (bicyclic) bond motifs is 1. The van der Waals surface area contributed by atoms with Crippen molar-refractivity contribution in [2.75, 3.05) is 0 Å². The van der Waals surface area contributed by atoms with Crippen LogP contribution in [0.4, 0.5) is 0 Å². The van der Waals surface area contributed by atoms with Crippen LogP contribution < -0.4 is 51.4 Å². The first-order valence-electron chi connectivity index (χ1n) is 6.64. The van der Waals surface area contributed by atoms with Gasteiger partial charge >= 0.3 is 51.4 Å². The molecule has 0 saturated carbocycles. The number of benzene rings is 2. The molecule has 0 radical (unpaired) electrons. The Kier molecular flexibility index (Phi) is 7.04. The van der Waals surface area contributed by atoms with Crippen molar-refractivity contribution in [1.82, 2.24) is 9.97 Å². The van der Waals surface area contributed by atoms with Crippen molar-refractivity contribution in [1.29, 1.82) is 5.26 Å². The average Bonchev–Trinajstić information content (AvgIpc) is 2.56. The fourth-order valence-electron chi connectivity index (χ4n) is 2.09. The van der Waals surface area contributed by atoms with Crippen LogP contribution in [0.25, 0.3) is 11.0 Å². The minimum Gasteiger partial charge on any atom is -0.328 e. The van der Waals surface area contributed by atoms with Gasteiger partial charge in [0.1, 0.15) is 0 Å². The summed E-state index contributed by atoms with van der Waals surface area (Å²) >= 11 is 9.32. The molecular formula is C16H8BrClKN3O2S. The van der Waals surface area contributed by atoms with Gasteiger partial charge in [0, 0.05) is 20.9 Å². The number of rotatable bonds is 3. The molecule has 0 atom stereocenters. The van der Waals surface area contributed by atoms with Crippen LogP contribution in [0.2, 0.25) is 5.15 Å². The molecule has 25 heavy (non-hydrogen) atoms. The molecule has 1 aromatic heterocycles. The molecule has 5 nitrogen and oxygen atoms in total. The molecule has 3 rings (SSSR count). The van der Waals surface area contributed by atoms with Crippen LogP contribution in [-0.4, -0.2) is 18.4 Å². The van der Waals surface area contributed by atoms with Gasteiger partial charge < -0.3 is 4.98 Å². The van der Waals surface area contributed by atoms with Crippen molar-refractivity contribution in [3.63, 3.8) is 0 Å². The number of aromatic nitrogens is 2. The van der Waals surface area contributed by atoms with Crippen molar-refractivity contribution >= 4 is 48.4 Å². The molecule has 0 bridgehead atoms. The van der Waals surface area contributed by atoms with Crippen molar-refractivity contribution in [3.8, 4) is 6.07 Å². The van der Waals surface area contributed by atoms with E-state index in [1.807, 2.05) is 0 Å². The first kappa shape index (κ1) is 20.8. The number of hydrogen-bond acceptors (Lipinski definition) is 5. The molecule has 0 amide bonds. The molecule has 1 heterocycles. The van der Waals surface area contributed by atoms with Gasteiger partial charge in [-0.15, -0.1) is 0 Å². The van der Waals surface area contributed by atoms with Gasteiger partial charge in [0.05, 0.1) is 15.9 Å². The molecule has 120 valence electrons. The van der Waals surface area contributed by atoms with Crippen LogP contribution in [0.5, 0.6) is 0 Å². The zero-order valence-electron chi connectivity index (χ0n) is 12.9. The average molecular weight is 461 g/mol. The van der Waals surface area contributed by atoms with E-state index in [1.54, 1.807) is 42.5 Å². The molecule has 0 aliphatic carbocycles. The number of nitrogens with zero attached hydrogens (tertiary/aromatic N) is 3. The van der Waals surface area contributed by atoms with Gasteiger partial charge in [-0.1, -0.05) is 28.1 Å². The predicted molar refractivity (Wildman–Crippen MR) is 93.8 cm³/mol. The second-order valence-electron chi connectivity index (χ2n) is 4.75. The maximum atomic E-state index is 12.8. The maximum Gasteiger partial charge on any atom is 1.00 e. The third-order valence-corrected chi connectivity index (χ3v) is 5.74. The summed E-state index contributed by atoms with van der Waals surface area (Å²) in [4.78, 5) is 8.32. The molecular weight excluding hydrogens is 453 g/mol. The summed E-state index contributed by atoms with van der Waals surface area (Å²) in [6.07, 6.45) is 0. The Labute approximate surface area is 200 Å². The van der Waals surface area contributed by atoms with Gasteiger partial charge in [0.15, 0.2) is 9.84 Å². The number of sulfone groups is 1. The summed E-state index contributed by atoms with van der Waals surface area (Å²) in [5, 5.41) is 8.76. The Hall–Kier alpha value is -0.504. The largest absolute Gasteiger partial charge is 1.00 e. The first-order chi connectivity index (χ1) is 11.4. The zero-order chi connectivity index (χ0) is 17.3.